The summed E-state index contributed by atoms with van der Waals surface area (Å²) in [6, 6.07) is 11.3. The van der Waals surface area contributed by atoms with Gasteiger partial charge in [-0.25, -0.2) is 4.98 Å². The van der Waals surface area contributed by atoms with Gasteiger partial charge in [-0.15, -0.1) is 0 Å². The molecule has 3 aromatic rings. The van der Waals surface area contributed by atoms with Gasteiger partial charge in [0.15, 0.2) is 0 Å². The molecule has 0 bridgehead atoms. The number of phenols is 1. The number of aromatic hydroxyl groups is 1. The summed E-state index contributed by atoms with van der Waals surface area (Å²) in [5.74, 6) is -0.270. The van der Waals surface area contributed by atoms with Crippen LogP contribution in [0.5, 0.6) is 5.75 Å². The van der Waals surface area contributed by atoms with Gasteiger partial charge in [-0.1, -0.05) is 18.2 Å². The maximum atomic E-state index is 13.0. The Balaban J connectivity index is 1.81. The number of amides is 1. The van der Waals surface area contributed by atoms with Crippen LogP contribution in [0, 0.1) is 0 Å². The van der Waals surface area contributed by atoms with Crippen LogP contribution in [0.1, 0.15) is 29.2 Å². The molecule has 0 fully saturated rings. The van der Waals surface area contributed by atoms with Gasteiger partial charge in [0.25, 0.3) is 0 Å². The minimum Gasteiger partial charge on any atom is -0.508 e. The second-order valence-corrected chi connectivity index (χ2v) is 6.30. The summed E-state index contributed by atoms with van der Waals surface area (Å²) in [4.78, 5) is 16.5. The number of nitrogens with zero attached hydrogens (tertiary/aromatic N) is 2. The van der Waals surface area contributed by atoms with E-state index in [-0.39, 0.29) is 23.8 Å². The number of fused-ring (bicyclic) bond motifs is 1. The minimum atomic E-state index is -4.47. The van der Waals surface area contributed by atoms with Crippen LogP contribution in [0.25, 0.3) is 5.69 Å². The van der Waals surface area contributed by atoms with E-state index in [1.807, 2.05) is 0 Å². The quantitative estimate of drug-likeness (QED) is 0.712. The molecule has 1 aliphatic heterocycles. The highest BCUT2D eigenvalue weighted by molar-refractivity contribution is 5.94. The van der Waals surface area contributed by atoms with Gasteiger partial charge in [0.2, 0.25) is 5.91 Å². The maximum absolute atomic E-state index is 13.0. The van der Waals surface area contributed by atoms with E-state index >= 15 is 0 Å². The molecular weight excluding hydrogens is 359 g/mol. The van der Waals surface area contributed by atoms with E-state index in [4.69, 9.17) is 0 Å². The third-order valence-corrected chi connectivity index (χ3v) is 4.50. The molecule has 2 heterocycles. The lowest BCUT2D eigenvalue weighted by Crippen LogP contribution is -2.25. The third-order valence-electron chi connectivity index (χ3n) is 4.50. The highest BCUT2D eigenvalue weighted by atomic mass is 19.4. The number of carbonyl (C=O) groups is 1. The Morgan fingerprint density at radius 3 is 2.67 bits per heavy atom. The Labute approximate surface area is 152 Å². The fourth-order valence-corrected chi connectivity index (χ4v) is 3.25. The average Bonchev–Trinajstić information content (AvgIpc) is 3.04. The first-order valence-corrected chi connectivity index (χ1v) is 8.16. The molecule has 0 saturated heterocycles. The summed E-state index contributed by atoms with van der Waals surface area (Å²) in [6.07, 6.45) is -2.94. The molecule has 4 rings (SSSR count). The molecule has 1 atom stereocenters. The number of anilines is 1. The van der Waals surface area contributed by atoms with Gasteiger partial charge in [-0.2, -0.15) is 13.2 Å². The number of nitrogens with one attached hydrogen (secondary N) is 1. The number of aromatic nitrogens is 2. The van der Waals surface area contributed by atoms with Gasteiger partial charge in [-0.3, -0.25) is 9.36 Å². The van der Waals surface area contributed by atoms with Crippen molar-refractivity contribution < 1.29 is 23.1 Å². The van der Waals surface area contributed by atoms with Gasteiger partial charge in [0.1, 0.15) is 17.9 Å². The molecular formula is C19H14F3N3O2. The van der Waals surface area contributed by atoms with Crippen LogP contribution in [0.4, 0.5) is 19.0 Å². The first-order chi connectivity index (χ1) is 12.8. The van der Waals surface area contributed by atoms with Gasteiger partial charge in [0.05, 0.1) is 11.3 Å². The number of alkyl halides is 3. The molecule has 0 aliphatic carbocycles. The second-order valence-electron chi connectivity index (χ2n) is 6.30. The fourth-order valence-electron chi connectivity index (χ4n) is 3.25. The van der Waals surface area contributed by atoms with E-state index in [1.54, 1.807) is 18.2 Å². The summed E-state index contributed by atoms with van der Waals surface area (Å²) in [5, 5.41) is 12.4. The molecule has 0 saturated carbocycles. The SMILES string of the molecule is O=C1C[C@H](c2cccc(O)c2)c2ncn(-c3cccc(C(F)(F)F)c3)c2N1. The third kappa shape index (κ3) is 3.14. The molecule has 138 valence electrons. The van der Waals surface area contributed by atoms with Crippen molar-refractivity contribution in [3.63, 3.8) is 0 Å². The highest BCUT2D eigenvalue weighted by Crippen LogP contribution is 2.38. The first kappa shape index (κ1) is 17.1. The van der Waals surface area contributed by atoms with E-state index in [1.165, 1.54) is 29.1 Å². The van der Waals surface area contributed by atoms with Crippen molar-refractivity contribution in [2.45, 2.75) is 18.5 Å². The largest absolute Gasteiger partial charge is 0.508 e. The van der Waals surface area contributed by atoms with Crippen molar-refractivity contribution in [1.29, 1.82) is 0 Å². The van der Waals surface area contributed by atoms with Crippen molar-refractivity contribution in [2.24, 2.45) is 0 Å². The van der Waals surface area contributed by atoms with E-state index < -0.39 is 17.7 Å². The number of benzene rings is 2. The lowest BCUT2D eigenvalue weighted by Gasteiger charge is -2.23. The molecule has 1 aliphatic rings. The molecule has 1 amide bonds. The van der Waals surface area contributed by atoms with Gasteiger partial charge < -0.3 is 10.4 Å². The lowest BCUT2D eigenvalue weighted by molar-refractivity contribution is -0.137. The average molecular weight is 373 g/mol. The predicted molar refractivity (Wildman–Crippen MR) is 91.8 cm³/mol. The zero-order valence-corrected chi connectivity index (χ0v) is 13.9. The van der Waals surface area contributed by atoms with E-state index in [0.717, 1.165) is 12.1 Å². The Morgan fingerprint density at radius 2 is 1.93 bits per heavy atom. The van der Waals surface area contributed by atoms with Gasteiger partial charge in [-0.05, 0) is 35.9 Å². The first-order valence-electron chi connectivity index (χ1n) is 8.16. The van der Waals surface area contributed by atoms with Crippen molar-refractivity contribution in [3.8, 4) is 11.4 Å². The van der Waals surface area contributed by atoms with E-state index in [0.29, 0.717) is 17.1 Å². The van der Waals surface area contributed by atoms with Crippen LogP contribution >= 0.6 is 0 Å². The van der Waals surface area contributed by atoms with Crippen molar-refractivity contribution in [3.05, 3.63) is 71.7 Å². The second kappa shape index (κ2) is 6.15. The standard InChI is InChI=1S/C19H14F3N3O2/c20-19(21,22)12-4-2-5-13(8-12)25-10-23-17-15(9-16(27)24-18(17)25)11-3-1-6-14(26)7-11/h1-8,10,15,26H,9H2,(H,24,27)/t15-/m1/s1. The Bertz CT molecular complexity index is 1030. The van der Waals surface area contributed by atoms with Gasteiger partial charge >= 0.3 is 6.18 Å². The number of hydrogen-bond donors (Lipinski definition) is 2. The highest BCUT2D eigenvalue weighted by Gasteiger charge is 2.33. The molecule has 2 N–H and O–H groups in total. The number of imidazole rings is 1. The smallest absolute Gasteiger partial charge is 0.416 e. The van der Waals surface area contributed by atoms with Crippen LogP contribution in [0.3, 0.4) is 0 Å². The summed E-state index contributed by atoms with van der Waals surface area (Å²) in [7, 11) is 0. The number of hydrogen-bond acceptors (Lipinski definition) is 3. The Hall–Kier alpha value is -3.29. The van der Waals surface area contributed by atoms with Crippen LogP contribution in [0.2, 0.25) is 0 Å². The Kier molecular flexibility index (Phi) is 3.91. The minimum absolute atomic E-state index is 0.0670. The van der Waals surface area contributed by atoms with E-state index in [2.05, 4.69) is 10.3 Å². The molecule has 27 heavy (non-hydrogen) atoms. The number of carbonyl (C=O) groups excluding carboxylic acids is 1. The zero-order chi connectivity index (χ0) is 19.2. The lowest BCUT2D eigenvalue weighted by atomic mass is 9.90. The Morgan fingerprint density at radius 1 is 1.15 bits per heavy atom. The normalized spacial score (nSPS) is 16.7. The maximum Gasteiger partial charge on any atom is 0.416 e. The van der Waals surface area contributed by atoms with Crippen LogP contribution < -0.4 is 5.32 Å². The van der Waals surface area contributed by atoms with Crippen molar-refractivity contribution >= 4 is 11.7 Å². The molecule has 2 aromatic carbocycles. The monoisotopic (exact) mass is 373 g/mol. The summed E-state index contributed by atoms with van der Waals surface area (Å²) in [6.45, 7) is 0. The van der Waals surface area contributed by atoms with Crippen molar-refractivity contribution in [1.82, 2.24) is 9.55 Å². The fraction of sp³-hybridized carbons (Fsp3) is 0.158. The summed E-state index contributed by atoms with van der Waals surface area (Å²) >= 11 is 0. The van der Waals surface area contributed by atoms with Crippen LogP contribution in [-0.4, -0.2) is 20.6 Å². The van der Waals surface area contributed by atoms with Crippen LogP contribution in [0.15, 0.2) is 54.9 Å². The molecule has 8 heteroatoms. The summed E-state index contributed by atoms with van der Waals surface area (Å²) in [5.41, 5.74) is 0.711. The molecule has 0 unspecified atom stereocenters. The molecule has 1 aromatic heterocycles. The summed E-state index contributed by atoms with van der Waals surface area (Å²) < 4.78 is 40.5. The number of rotatable bonds is 2. The number of halogens is 3. The predicted octanol–water partition coefficient (Wildman–Crippen LogP) is 4.07. The molecule has 0 spiro atoms. The topological polar surface area (TPSA) is 67.1 Å². The van der Waals surface area contributed by atoms with Crippen LogP contribution in [-0.2, 0) is 11.0 Å². The zero-order valence-electron chi connectivity index (χ0n) is 13.9. The van der Waals surface area contributed by atoms with Gasteiger partial charge in [0, 0.05) is 18.0 Å². The molecule has 5 nitrogen and oxygen atoms in total. The van der Waals surface area contributed by atoms with Crippen molar-refractivity contribution in [2.75, 3.05) is 5.32 Å². The van der Waals surface area contributed by atoms with E-state index in [9.17, 15) is 23.1 Å². The molecule has 0 radical (unpaired) electrons. The number of phenolic OH excluding ortho intramolecular Hbond substituents is 1.